The van der Waals surface area contributed by atoms with E-state index in [9.17, 15) is 4.79 Å². The quantitative estimate of drug-likeness (QED) is 0.636. The molecule has 0 unspecified atom stereocenters. The minimum atomic E-state index is 0.261. The summed E-state index contributed by atoms with van der Waals surface area (Å²) in [5.41, 5.74) is 2.04. The van der Waals surface area contributed by atoms with E-state index in [1.807, 2.05) is 18.2 Å². The maximum Gasteiger partial charge on any atom is 0.163 e. The van der Waals surface area contributed by atoms with Crippen molar-refractivity contribution in [1.82, 2.24) is 0 Å². The number of benzene rings is 1. The summed E-state index contributed by atoms with van der Waals surface area (Å²) in [4.78, 5) is 11.7. The summed E-state index contributed by atoms with van der Waals surface area (Å²) in [5, 5.41) is 0. The van der Waals surface area contributed by atoms with Crippen LogP contribution < -0.4 is 4.74 Å². The lowest BCUT2D eigenvalue weighted by Gasteiger charge is -2.06. The third-order valence-corrected chi connectivity index (χ3v) is 2.72. The predicted octanol–water partition coefficient (Wildman–Crippen LogP) is 2.60. The van der Waals surface area contributed by atoms with Crippen molar-refractivity contribution in [3.8, 4) is 5.75 Å². The standard InChI is InChI=1S/C12H14O2/c1-14-10-7-6-9-4-2-3-5-12(13)11(9)8-10/h6-8H,2-5H2,1H3. The topological polar surface area (TPSA) is 26.3 Å². The number of fused-ring (bicyclic) bond motifs is 1. The SMILES string of the molecule is COc1ccc2c(c1)C(=O)CCCC2. The van der Waals surface area contributed by atoms with Crippen molar-refractivity contribution in [3.05, 3.63) is 29.3 Å². The second-order valence-electron chi connectivity index (χ2n) is 3.65. The van der Waals surface area contributed by atoms with Crippen LogP contribution in [-0.2, 0) is 6.42 Å². The lowest BCUT2D eigenvalue weighted by Crippen LogP contribution is -2.00. The molecular formula is C12H14O2. The summed E-state index contributed by atoms with van der Waals surface area (Å²) in [5.74, 6) is 1.04. The molecule has 0 aliphatic heterocycles. The number of hydrogen-bond donors (Lipinski definition) is 0. The summed E-state index contributed by atoms with van der Waals surface area (Å²) in [6, 6.07) is 5.80. The third kappa shape index (κ3) is 1.65. The molecule has 0 saturated heterocycles. The zero-order valence-corrected chi connectivity index (χ0v) is 8.38. The molecule has 1 aliphatic rings. The van der Waals surface area contributed by atoms with Crippen LogP contribution in [-0.4, -0.2) is 12.9 Å². The van der Waals surface area contributed by atoms with Crippen molar-refractivity contribution < 1.29 is 9.53 Å². The van der Waals surface area contributed by atoms with Crippen molar-refractivity contribution in [3.63, 3.8) is 0 Å². The molecule has 1 aromatic carbocycles. The summed E-state index contributed by atoms with van der Waals surface area (Å²) >= 11 is 0. The lowest BCUT2D eigenvalue weighted by atomic mass is 10.0. The Balaban J connectivity index is 2.44. The lowest BCUT2D eigenvalue weighted by molar-refractivity contribution is 0.0981. The molecule has 0 heterocycles. The summed E-state index contributed by atoms with van der Waals surface area (Å²) in [6.07, 6.45) is 3.83. The fraction of sp³-hybridized carbons (Fsp3) is 0.417. The Hall–Kier alpha value is -1.31. The summed E-state index contributed by atoms with van der Waals surface area (Å²) < 4.78 is 5.12. The summed E-state index contributed by atoms with van der Waals surface area (Å²) in [7, 11) is 1.63. The Labute approximate surface area is 83.9 Å². The largest absolute Gasteiger partial charge is 0.497 e. The van der Waals surface area contributed by atoms with Gasteiger partial charge in [-0.05, 0) is 37.0 Å². The van der Waals surface area contributed by atoms with Crippen molar-refractivity contribution >= 4 is 5.78 Å². The highest BCUT2D eigenvalue weighted by molar-refractivity contribution is 5.98. The van der Waals surface area contributed by atoms with Crippen LogP contribution in [0, 0.1) is 0 Å². The first kappa shape index (κ1) is 9.25. The normalized spacial score (nSPS) is 15.9. The molecule has 74 valence electrons. The molecule has 0 amide bonds. The third-order valence-electron chi connectivity index (χ3n) is 2.72. The molecule has 2 nitrogen and oxygen atoms in total. The number of rotatable bonds is 1. The number of ketones is 1. The van der Waals surface area contributed by atoms with Crippen LogP contribution >= 0.6 is 0 Å². The van der Waals surface area contributed by atoms with Crippen LogP contribution in [0.25, 0.3) is 0 Å². The molecule has 2 rings (SSSR count). The molecule has 1 aliphatic carbocycles. The zero-order valence-electron chi connectivity index (χ0n) is 8.38. The van der Waals surface area contributed by atoms with Crippen LogP contribution in [0.2, 0.25) is 0 Å². The number of ether oxygens (including phenoxy) is 1. The van der Waals surface area contributed by atoms with E-state index in [0.29, 0.717) is 6.42 Å². The molecule has 1 aromatic rings. The van der Waals surface area contributed by atoms with Gasteiger partial charge < -0.3 is 4.74 Å². The fourth-order valence-corrected chi connectivity index (χ4v) is 1.90. The van der Waals surface area contributed by atoms with Crippen molar-refractivity contribution in [2.75, 3.05) is 7.11 Å². The Morgan fingerprint density at radius 2 is 2.00 bits per heavy atom. The van der Waals surface area contributed by atoms with Gasteiger partial charge in [0.15, 0.2) is 5.78 Å². The molecule has 0 aromatic heterocycles. The molecule has 0 spiro atoms. The van der Waals surface area contributed by atoms with Crippen molar-refractivity contribution in [2.24, 2.45) is 0 Å². The van der Waals surface area contributed by atoms with E-state index in [4.69, 9.17) is 4.74 Å². The van der Waals surface area contributed by atoms with E-state index in [2.05, 4.69) is 0 Å². The van der Waals surface area contributed by atoms with Gasteiger partial charge in [0, 0.05) is 12.0 Å². The van der Waals surface area contributed by atoms with E-state index in [0.717, 1.165) is 30.6 Å². The average molecular weight is 190 g/mol. The first-order valence-electron chi connectivity index (χ1n) is 5.01. The predicted molar refractivity (Wildman–Crippen MR) is 54.9 cm³/mol. The average Bonchev–Trinajstić information content (AvgIpc) is 2.40. The molecule has 0 bridgehead atoms. The first-order chi connectivity index (χ1) is 6.81. The number of carbonyl (C=O) groups is 1. The van der Waals surface area contributed by atoms with Gasteiger partial charge in [0.05, 0.1) is 7.11 Å². The van der Waals surface area contributed by atoms with Gasteiger partial charge in [-0.3, -0.25) is 4.79 Å². The zero-order chi connectivity index (χ0) is 9.97. The molecule has 0 fully saturated rings. The maximum absolute atomic E-state index is 11.7. The molecule has 14 heavy (non-hydrogen) atoms. The minimum absolute atomic E-state index is 0.261. The minimum Gasteiger partial charge on any atom is -0.497 e. The van der Waals surface area contributed by atoms with E-state index in [1.54, 1.807) is 7.11 Å². The van der Waals surface area contributed by atoms with Gasteiger partial charge >= 0.3 is 0 Å². The van der Waals surface area contributed by atoms with Gasteiger partial charge in [0.2, 0.25) is 0 Å². The van der Waals surface area contributed by atoms with Crippen LogP contribution in [0.5, 0.6) is 5.75 Å². The molecule has 0 radical (unpaired) electrons. The Morgan fingerprint density at radius 3 is 2.79 bits per heavy atom. The molecular weight excluding hydrogens is 176 g/mol. The Morgan fingerprint density at radius 1 is 1.21 bits per heavy atom. The van der Waals surface area contributed by atoms with E-state index in [-0.39, 0.29) is 5.78 Å². The van der Waals surface area contributed by atoms with Crippen molar-refractivity contribution in [1.29, 1.82) is 0 Å². The van der Waals surface area contributed by atoms with E-state index >= 15 is 0 Å². The highest BCUT2D eigenvalue weighted by atomic mass is 16.5. The van der Waals surface area contributed by atoms with Gasteiger partial charge in [-0.1, -0.05) is 6.07 Å². The second-order valence-corrected chi connectivity index (χ2v) is 3.65. The number of hydrogen-bond acceptors (Lipinski definition) is 2. The maximum atomic E-state index is 11.7. The second kappa shape index (κ2) is 3.82. The monoisotopic (exact) mass is 190 g/mol. The van der Waals surface area contributed by atoms with E-state index < -0.39 is 0 Å². The molecule has 0 atom stereocenters. The number of aryl methyl sites for hydroxylation is 1. The van der Waals surface area contributed by atoms with Crippen LogP contribution in [0.4, 0.5) is 0 Å². The highest BCUT2D eigenvalue weighted by Gasteiger charge is 2.15. The van der Waals surface area contributed by atoms with Gasteiger partial charge in [-0.25, -0.2) is 0 Å². The van der Waals surface area contributed by atoms with Crippen LogP contribution in [0.3, 0.4) is 0 Å². The molecule has 0 N–H and O–H groups in total. The van der Waals surface area contributed by atoms with Gasteiger partial charge in [-0.2, -0.15) is 0 Å². The van der Waals surface area contributed by atoms with Gasteiger partial charge in [0.25, 0.3) is 0 Å². The van der Waals surface area contributed by atoms with Crippen LogP contribution in [0.1, 0.15) is 35.2 Å². The van der Waals surface area contributed by atoms with Crippen LogP contribution in [0.15, 0.2) is 18.2 Å². The number of Topliss-reactive ketones (excluding diaryl/α,β-unsaturated/α-hetero) is 1. The highest BCUT2D eigenvalue weighted by Crippen LogP contribution is 2.24. The Bertz CT molecular complexity index is 355. The number of methoxy groups -OCH3 is 1. The fourth-order valence-electron chi connectivity index (χ4n) is 1.90. The molecule has 2 heteroatoms. The van der Waals surface area contributed by atoms with Crippen molar-refractivity contribution in [2.45, 2.75) is 25.7 Å². The molecule has 0 saturated carbocycles. The summed E-state index contributed by atoms with van der Waals surface area (Å²) in [6.45, 7) is 0. The first-order valence-corrected chi connectivity index (χ1v) is 5.01. The number of carbonyl (C=O) groups excluding carboxylic acids is 1. The Kier molecular flexibility index (Phi) is 2.53. The van der Waals surface area contributed by atoms with Gasteiger partial charge in [0.1, 0.15) is 5.75 Å². The smallest absolute Gasteiger partial charge is 0.163 e. The van der Waals surface area contributed by atoms with Gasteiger partial charge in [-0.15, -0.1) is 0 Å². The van der Waals surface area contributed by atoms with E-state index in [1.165, 1.54) is 5.56 Å².